The Morgan fingerprint density at radius 3 is 2.55 bits per heavy atom. The van der Waals surface area contributed by atoms with Crippen LogP contribution in [-0.4, -0.2) is 25.2 Å². The molecule has 110 valence electrons. The molecule has 2 amide bonds. The number of benzene rings is 1. The molecule has 1 heterocycles. The molecule has 1 aliphatic heterocycles. The number of hydrogen-bond donors (Lipinski definition) is 3. The lowest BCUT2D eigenvalue weighted by molar-refractivity contribution is 0.251. The zero-order chi connectivity index (χ0) is 14.6. The second kappa shape index (κ2) is 6.27. The van der Waals surface area contributed by atoms with E-state index in [1.54, 1.807) is 0 Å². The number of carbonyl (C=O) groups excluding carboxylic acids is 1. The standard InChI is InChI=1S/C16H25N3O/c1-16(2,3)12-6-8-13(9-7-12)19-15(20)18-11-14-5-4-10-17-14/h6-9,14,17H,4-5,10-11H2,1-3H3,(H2,18,19,20)/t14-/m0/s1. The fourth-order valence-electron chi connectivity index (χ4n) is 2.38. The van der Waals surface area contributed by atoms with Gasteiger partial charge in [-0.2, -0.15) is 0 Å². The lowest BCUT2D eigenvalue weighted by atomic mass is 9.87. The van der Waals surface area contributed by atoms with Crippen LogP contribution in [0.5, 0.6) is 0 Å². The SMILES string of the molecule is CC(C)(C)c1ccc(NC(=O)NC[C@@H]2CCCN2)cc1. The number of hydrogen-bond acceptors (Lipinski definition) is 2. The van der Waals surface area contributed by atoms with Crippen molar-refractivity contribution in [2.24, 2.45) is 0 Å². The van der Waals surface area contributed by atoms with Gasteiger partial charge in [0.25, 0.3) is 0 Å². The molecule has 0 saturated carbocycles. The van der Waals surface area contributed by atoms with Crippen LogP contribution in [0, 0.1) is 0 Å². The number of amides is 2. The Morgan fingerprint density at radius 2 is 2.00 bits per heavy atom. The van der Waals surface area contributed by atoms with Gasteiger partial charge in [0.15, 0.2) is 0 Å². The Hall–Kier alpha value is -1.55. The summed E-state index contributed by atoms with van der Waals surface area (Å²) in [5, 5.41) is 9.13. The third-order valence-corrected chi connectivity index (χ3v) is 3.68. The van der Waals surface area contributed by atoms with Crippen molar-refractivity contribution < 1.29 is 4.79 Å². The van der Waals surface area contributed by atoms with Gasteiger partial charge in [-0.3, -0.25) is 0 Å². The maximum atomic E-state index is 11.8. The van der Waals surface area contributed by atoms with Gasteiger partial charge in [-0.05, 0) is 42.5 Å². The summed E-state index contributed by atoms with van der Waals surface area (Å²) in [5.41, 5.74) is 2.23. The molecule has 0 spiro atoms. The van der Waals surface area contributed by atoms with Gasteiger partial charge in [-0.1, -0.05) is 32.9 Å². The molecule has 1 aromatic rings. The molecule has 2 rings (SSSR count). The minimum atomic E-state index is -0.137. The number of urea groups is 1. The third-order valence-electron chi connectivity index (χ3n) is 3.68. The lowest BCUT2D eigenvalue weighted by Crippen LogP contribution is -2.39. The average molecular weight is 275 g/mol. The van der Waals surface area contributed by atoms with E-state index in [1.165, 1.54) is 12.0 Å². The third kappa shape index (κ3) is 4.23. The van der Waals surface area contributed by atoms with Crippen LogP contribution in [0.1, 0.15) is 39.2 Å². The molecule has 3 N–H and O–H groups in total. The summed E-state index contributed by atoms with van der Waals surface area (Å²) in [6.45, 7) is 8.28. The predicted octanol–water partition coefficient (Wildman–Crippen LogP) is 2.86. The number of carbonyl (C=O) groups is 1. The van der Waals surface area contributed by atoms with Crippen molar-refractivity contribution in [3.05, 3.63) is 29.8 Å². The van der Waals surface area contributed by atoms with E-state index >= 15 is 0 Å². The van der Waals surface area contributed by atoms with Crippen LogP contribution in [-0.2, 0) is 5.41 Å². The topological polar surface area (TPSA) is 53.2 Å². The minimum absolute atomic E-state index is 0.134. The molecular weight excluding hydrogens is 250 g/mol. The molecule has 1 fully saturated rings. The number of anilines is 1. The molecule has 4 nitrogen and oxygen atoms in total. The molecule has 0 unspecified atom stereocenters. The molecule has 0 radical (unpaired) electrons. The van der Waals surface area contributed by atoms with Gasteiger partial charge in [-0.25, -0.2) is 4.79 Å². The highest BCUT2D eigenvalue weighted by molar-refractivity contribution is 5.89. The largest absolute Gasteiger partial charge is 0.336 e. The second-order valence-electron chi connectivity index (χ2n) is 6.46. The Kier molecular flexibility index (Phi) is 4.65. The lowest BCUT2D eigenvalue weighted by Gasteiger charge is -2.19. The smallest absolute Gasteiger partial charge is 0.319 e. The first-order valence-corrected chi connectivity index (χ1v) is 7.34. The Balaban J connectivity index is 1.81. The maximum absolute atomic E-state index is 11.8. The minimum Gasteiger partial charge on any atom is -0.336 e. The highest BCUT2D eigenvalue weighted by Gasteiger charge is 2.15. The van der Waals surface area contributed by atoms with E-state index in [4.69, 9.17) is 0 Å². The van der Waals surface area contributed by atoms with E-state index in [-0.39, 0.29) is 11.4 Å². The first-order valence-electron chi connectivity index (χ1n) is 7.34. The normalized spacial score (nSPS) is 18.9. The summed E-state index contributed by atoms with van der Waals surface area (Å²) in [6.07, 6.45) is 2.34. The molecule has 1 saturated heterocycles. The summed E-state index contributed by atoms with van der Waals surface area (Å²) in [4.78, 5) is 11.8. The summed E-state index contributed by atoms with van der Waals surface area (Å²) in [7, 11) is 0. The Bertz CT molecular complexity index is 442. The zero-order valence-electron chi connectivity index (χ0n) is 12.6. The van der Waals surface area contributed by atoms with Crippen LogP contribution >= 0.6 is 0 Å². The molecule has 0 aliphatic carbocycles. The first-order chi connectivity index (χ1) is 9.45. The van der Waals surface area contributed by atoms with Gasteiger partial charge < -0.3 is 16.0 Å². The van der Waals surface area contributed by atoms with Gasteiger partial charge in [0.1, 0.15) is 0 Å². The number of rotatable bonds is 3. The summed E-state index contributed by atoms with van der Waals surface area (Å²) in [5.74, 6) is 0. The van der Waals surface area contributed by atoms with Crippen LogP contribution in [0.3, 0.4) is 0 Å². The molecule has 0 aromatic heterocycles. The van der Waals surface area contributed by atoms with Crippen molar-refractivity contribution in [3.63, 3.8) is 0 Å². The molecule has 4 heteroatoms. The van der Waals surface area contributed by atoms with Crippen molar-refractivity contribution in [3.8, 4) is 0 Å². The van der Waals surface area contributed by atoms with E-state index in [9.17, 15) is 4.79 Å². The summed E-state index contributed by atoms with van der Waals surface area (Å²) >= 11 is 0. The van der Waals surface area contributed by atoms with Crippen molar-refractivity contribution >= 4 is 11.7 Å². The van der Waals surface area contributed by atoms with Crippen molar-refractivity contribution in [1.82, 2.24) is 10.6 Å². The molecule has 20 heavy (non-hydrogen) atoms. The van der Waals surface area contributed by atoms with Gasteiger partial charge in [0.2, 0.25) is 0 Å². The molecule has 1 aromatic carbocycles. The Labute approximate surface area is 121 Å². The van der Waals surface area contributed by atoms with E-state index in [1.807, 2.05) is 12.1 Å². The number of nitrogens with one attached hydrogen (secondary N) is 3. The van der Waals surface area contributed by atoms with Crippen LogP contribution < -0.4 is 16.0 Å². The fourth-order valence-corrected chi connectivity index (χ4v) is 2.38. The molecule has 1 atom stereocenters. The zero-order valence-corrected chi connectivity index (χ0v) is 12.6. The van der Waals surface area contributed by atoms with E-state index < -0.39 is 0 Å². The van der Waals surface area contributed by atoms with Crippen LogP contribution in [0.2, 0.25) is 0 Å². The van der Waals surface area contributed by atoms with Crippen LogP contribution in [0.15, 0.2) is 24.3 Å². The molecule has 0 bridgehead atoms. The van der Waals surface area contributed by atoms with E-state index in [0.29, 0.717) is 12.6 Å². The van der Waals surface area contributed by atoms with Crippen molar-refractivity contribution in [1.29, 1.82) is 0 Å². The maximum Gasteiger partial charge on any atom is 0.319 e. The Morgan fingerprint density at radius 1 is 1.30 bits per heavy atom. The van der Waals surface area contributed by atoms with Crippen molar-refractivity contribution in [2.75, 3.05) is 18.4 Å². The second-order valence-corrected chi connectivity index (χ2v) is 6.46. The quantitative estimate of drug-likeness (QED) is 0.794. The highest BCUT2D eigenvalue weighted by Crippen LogP contribution is 2.23. The summed E-state index contributed by atoms with van der Waals surface area (Å²) < 4.78 is 0. The fraction of sp³-hybridized carbons (Fsp3) is 0.562. The van der Waals surface area contributed by atoms with Gasteiger partial charge in [0.05, 0.1) is 0 Å². The summed E-state index contributed by atoms with van der Waals surface area (Å²) in [6, 6.07) is 8.32. The van der Waals surface area contributed by atoms with Gasteiger partial charge >= 0.3 is 6.03 Å². The van der Waals surface area contributed by atoms with Crippen LogP contribution in [0.4, 0.5) is 10.5 Å². The van der Waals surface area contributed by atoms with Crippen molar-refractivity contribution in [2.45, 2.75) is 45.1 Å². The predicted molar refractivity (Wildman–Crippen MR) is 83.2 cm³/mol. The van der Waals surface area contributed by atoms with Gasteiger partial charge in [0, 0.05) is 18.3 Å². The first kappa shape index (κ1) is 14.9. The van der Waals surface area contributed by atoms with Gasteiger partial charge in [-0.15, -0.1) is 0 Å². The van der Waals surface area contributed by atoms with E-state index in [0.717, 1.165) is 18.7 Å². The average Bonchev–Trinajstić information content (AvgIpc) is 2.89. The molecular formula is C16H25N3O. The van der Waals surface area contributed by atoms with Crippen LogP contribution in [0.25, 0.3) is 0 Å². The molecule has 1 aliphatic rings. The highest BCUT2D eigenvalue weighted by atomic mass is 16.2. The monoisotopic (exact) mass is 275 g/mol. The van der Waals surface area contributed by atoms with E-state index in [2.05, 4.69) is 48.9 Å².